The van der Waals surface area contributed by atoms with Crippen LogP contribution in [0.1, 0.15) is 25.7 Å². The van der Waals surface area contributed by atoms with Gasteiger partial charge in [0.1, 0.15) is 11.6 Å². The first-order valence-corrected chi connectivity index (χ1v) is 7.21. The fraction of sp³-hybridized carbons (Fsp3) is 0.438. The Kier molecular flexibility index (Phi) is 3.92. The Balaban J connectivity index is 1.93. The Morgan fingerprint density at radius 2 is 2.14 bits per heavy atom. The molecule has 0 bridgehead atoms. The highest BCUT2D eigenvalue weighted by molar-refractivity contribution is 5.94. The molecule has 3 rings (SSSR count). The van der Waals surface area contributed by atoms with Crippen LogP contribution in [0.5, 0.6) is 5.75 Å². The summed E-state index contributed by atoms with van der Waals surface area (Å²) in [5.74, 6) is -0.264. The molecule has 1 aliphatic rings. The Bertz CT molecular complexity index is 647. The topological polar surface area (TPSA) is 57.4 Å². The van der Waals surface area contributed by atoms with Crippen molar-refractivity contribution < 1.29 is 13.9 Å². The van der Waals surface area contributed by atoms with Crippen LogP contribution in [0.2, 0.25) is 0 Å². The van der Waals surface area contributed by atoms with Crippen molar-refractivity contribution >= 4 is 16.6 Å². The minimum Gasteiger partial charge on any atom is -0.485 e. The molecule has 2 N–H and O–H groups in total. The summed E-state index contributed by atoms with van der Waals surface area (Å²) in [4.78, 5) is 4.23. The third-order valence-electron chi connectivity index (χ3n) is 4.03. The number of aromatic nitrogens is 1. The van der Waals surface area contributed by atoms with Gasteiger partial charge in [0, 0.05) is 36.9 Å². The molecule has 0 aliphatic heterocycles. The first-order chi connectivity index (χ1) is 10.2. The van der Waals surface area contributed by atoms with Gasteiger partial charge in [0.2, 0.25) is 0 Å². The lowest BCUT2D eigenvalue weighted by Gasteiger charge is -2.29. The molecule has 0 saturated heterocycles. The quantitative estimate of drug-likeness (QED) is 0.881. The fourth-order valence-corrected chi connectivity index (χ4v) is 2.91. The molecule has 2 atom stereocenters. The van der Waals surface area contributed by atoms with Crippen LogP contribution in [-0.4, -0.2) is 24.3 Å². The van der Waals surface area contributed by atoms with E-state index in [0.29, 0.717) is 16.6 Å². The van der Waals surface area contributed by atoms with Crippen molar-refractivity contribution in [1.82, 2.24) is 4.98 Å². The molecule has 1 fully saturated rings. The lowest BCUT2D eigenvalue weighted by Crippen LogP contribution is -2.29. The molecule has 2 aromatic rings. The summed E-state index contributed by atoms with van der Waals surface area (Å²) in [6.45, 7) is 0. The van der Waals surface area contributed by atoms with Gasteiger partial charge in [-0.25, -0.2) is 4.39 Å². The van der Waals surface area contributed by atoms with Gasteiger partial charge in [-0.05, 0) is 31.4 Å². The Labute approximate surface area is 123 Å². The number of benzene rings is 1. The molecule has 0 radical (unpaired) electrons. The van der Waals surface area contributed by atoms with Gasteiger partial charge in [0.05, 0.1) is 6.10 Å². The van der Waals surface area contributed by atoms with Crippen LogP contribution < -0.4 is 10.5 Å². The average molecular weight is 290 g/mol. The zero-order chi connectivity index (χ0) is 14.8. The zero-order valence-corrected chi connectivity index (χ0v) is 12.0. The molecule has 1 saturated carbocycles. The van der Waals surface area contributed by atoms with Crippen LogP contribution in [-0.2, 0) is 4.74 Å². The van der Waals surface area contributed by atoms with Crippen LogP contribution >= 0.6 is 0 Å². The van der Waals surface area contributed by atoms with Gasteiger partial charge in [-0.2, -0.15) is 0 Å². The molecular formula is C16H19FN2O2. The van der Waals surface area contributed by atoms with E-state index in [1.807, 2.05) is 6.07 Å². The number of anilines is 1. The van der Waals surface area contributed by atoms with Crippen LogP contribution in [0.3, 0.4) is 0 Å². The number of rotatable bonds is 3. The monoisotopic (exact) mass is 290 g/mol. The van der Waals surface area contributed by atoms with Gasteiger partial charge in [-0.3, -0.25) is 4.98 Å². The van der Waals surface area contributed by atoms with Crippen molar-refractivity contribution in [3.05, 3.63) is 30.2 Å². The Morgan fingerprint density at radius 1 is 1.33 bits per heavy atom. The third-order valence-corrected chi connectivity index (χ3v) is 4.03. The van der Waals surface area contributed by atoms with E-state index in [1.54, 1.807) is 19.4 Å². The fourth-order valence-electron chi connectivity index (χ4n) is 2.91. The molecule has 21 heavy (non-hydrogen) atoms. The molecule has 1 aromatic carbocycles. The number of hydrogen-bond donors (Lipinski definition) is 1. The van der Waals surface area contributed by atoms with Crippen molar-refractivity contribution in [2.75, 3.05) is 12.8 Å². The maximum absolute atomic E-state index is 14.2. The van der Waals surface area contributed by atoms with E-state index in [2.05, 4.69) is 4.98 Å². The molecule has 112 valence electrons. The van der Waals surface area contributed by atoms with Gasteiger partial charge in [-0.15, -0.1) is 0 Å². The first-order valence-electron chi connectivity index (χ1n) is 7.21. The van der Waals surface area contributed by atoms with Gasteiger partial charge >= 0.3 is 0 Å². The van der Waals surface area contributed by atoms with E-state index in [1.165, 1.54) is 6.07 Å². The molecule has 1 heterocycles. The van der Waals surface area contributed by atoms with Crippen LogP contribution in [0.4, 0.5) is 10.1 Å². The number of nitrogens with zero attached hydrogens (tertiary/aromatic N) is 1. The summed E-state index contributed by atoms with van der Waals surface area (Å²) in [7, 11) is 1.70. The van der Waals surface area contributed by atoms with E-state index in [9.17, 15) is 4.39 Å². The number of halogens is 1. The molecule has 2 unspecified atom stereocenters. The first kappa shape index (κ1) is 14.1. The number of nitrogen functional groups attached to an aromatic ring is 1. The van der Waals surface area contributed by atoms with Gasteiger partial charge in [-0.1, -0.05) is 0 Å². The Hall–Kier alpha value is -1.88. The summed E-state index contributed by atoms with van der Waals surface area (Å²) in [5, 5.41) is 0.716. The third kappa shape index (κ3) is 2.78. The molecule has 4 nitrogen and oxygen atoms in total. The maximum atomic E-state index is 14.2. The van der Waals surface area contributed by atoms with Crippen LogP contribution in [0.15, 0.2) is 24.4 Å². The molecule has 5 heteroatoms. The van der Waals surface area contributed by atoms with E-state index >= 15 is 0 Å². The smallest absolute Gasteiger partial charge is 0.181 e. The van der Waals surface area contributed by atoms with E-state index in [0.717, 1.165) is 25.7 Å². The van der Waals surface area contributed by atoms with Crippen LogP contribution in [0, 0.1) is 5.82 Å². The molecule has 0 amide bonds. The molecule has 1 aliphatic carbocycles. The summed E-state index contributed by atoms with van der Waals surface area (Å²) < 4.78 is 25.5. The Morgan fingerprint density at radius 3 is 2.95 bits per heavy atom. The highest BCUT2D eigenvalue weighted by Gasteiger charge is 2.25. The predicted octanol–water partition coefficient (Wildman–Crippen LogP) is 3.29. The van der Waals surface area contributed by atoms with Crippen LogP contribution in [0.25, 0.3) is 10.9 Å². The zero-order valence-electron chi connectivity index (χ0n) is 12.0. The number of ether oxygens (including phenoxy) is 2. The average Bonchev–Trinajstić information content (AvgIpc) is 2.51. The summed E-state index contributed by atoms with van der Waals surface area (Å²) in [5.41, 5.74) is 6.70. The number of fused-ring (bicyclic) bond motifs is 1. The maximum Gasteiger partial charge on any atom is 0.181 e. The molecule has 1 aromatic heterocycles. The van der Waals surface area contributed by atoms with Crippen molar-refractivity contribution in [2.24, 2.45) is 0 Å². The summed E-state index contributed by atoms with van der Waals surface area (Å²) in [6.07, 6.45) is 5.47. The molecule has 0 spiro atoms. The minimum absolute atomic E-state index is 0.0490. The van der Waals surface area contributed by atoms with Crippen molar-refractivity contribution in [2.45, 2.75) is 37.9 Å². The number of methoxy groups -OCH3 is 1. The van der Waals surface area contributed by atoms with Crippen molar-refractivity contribution in [1.29, 1.82) is 0 Å². The lowest BCUT2D eigenvalue weighted by molar-refractivity contribution is 0.0202. The van der Waals surface area contributed by atoms with Crippen molar-refractivity contribution in [3.8, 4) is 5.75 Å². The summed E-state index contributed by atoms with van der Waals surface area (Å²) in [6, 6.07) is 4.90. The minimum atomic E-state index is -0.460. The normalized spacial score (nSPS) is 22.4. The highest BCUT2D eigenvalue weighted by Crippen LogP contribution is 2.34. The second-order valence-electron chi connectivity index (χ2n) is 5.44. The van der Waals surface area contributed by atoms with Crippen molar-refractivity contribution in [3.63, 3.8) is 0 Å². The second kappa shape index (κ2) is 5.85. The lowest BCUT2D eigenvalue weighted by atomic mass is 9.95. The van der Waals surface area contributed by atoms with Gasteiger partial charge < -0.3 is 15.2 Å². The standard InChI is InChI=1S/C16H19FN2O2/c1-20-10-4-2-5-11(8-10)21-16-13(17)9-14(18)12-6-3-7-19-15(12)16/h3,6-7,9-11H,2,4-5,8,18H2,1H3. The largest absolute Gasteiger partial charge is 0.485 e. The van der Waals surface area contributed by atoms with Gasteiger partial charge in [0.15, 0.2) is 11.6 Å². The number of nitrogens with two attached hydrogens (primary N) is 1. The molecular weight excluding hydrogens is 271 g/mol. The summed E-state index contributed by atoms with van der Waals surface area (Å²) >= 11 is 0. The highest BCUT2D eigenvalue weighted by atomic mass is 19.1. The van der Waals surface area contributed by atoms with Gasteiger partial charge in [0.25, 0.3) is 0 Å². The van der Waals surface area contributed by atoms with E-state index < -0.39 is 5.82 Å². The second-order valence-corrected chi connectivity index (χ2v) is 5.44. The number of hydrogen-bond acceptors (Lipinski definition) is 4. The predicted molar refractivity (Wildman–Crippen MR) is 79.8 cm³/mol. The van der Waals surface area contributed by atoms with E-state index in [-0.39, 0.29) is 18.0 Å². The SMILES string of the molecule is COC1CCCC(Oc2c(F)cc(N)c3cccnc23)C1. The number of pyridine rings is 1. The van der Waals surface area contributed by atoms with E-state index in [4.69, 9.17) is 15.2 Å².